The molecule has 3 rings (SSSR count). The van der Waals surface area contributed by atoms with E-state index in [9.17, 15) is 4.79 Å². The topological polar surface area (TPSA) is 32.3 Å². The fourth-order valence-corrected chi connectivity index (χ4v) is 3.88. The molecule has 3 nitrogen and oxygen atoms in total. The van der Waals surface area contributed by atoms with E-state index >= 15 is 0 Å². The third kappa shape index (κ3) is 3.43. The lowest BCUT2D eigenvalue weighted by Gasteiger charge is -2.35. The summed E-state index contributed by atoms with van der Waals surface area (Å²) in [5.74, 6) is 0.148. The first-order valence-electron chi connectivity index (χ1n) is 7.34. The number of rotatable bonds is 2. The van der Waals surface area contributed by atoms with Gasteiger partial charge in [0, 0.05) is 35.2 Å². The molecule has 1 aromatic carbocycles. The monoisotopic (exact) mass is 372 g/mol. The van der Waals surface area contributed by atoms with E-state index in [1.807, 2.05) is 37.1 Å². The number of halogens is 2. The summed E-state index contributed by atoms with van der Waals surface area (Å²) in [5, 5.41) is 3.63. The van der Waals surface area contributed by atoms with Crippen molar-refractivity contribution in [2.45, 2.75) is 50.7 Å². The zero-order chi connectivity index (χ0) is 14.3. The van der Waals surface area contributed by atoms with Gasteiger partial charge in [-0.15, -0.1) is 12.4 Å². The Kier molecular flexibility index (Phi) is 5.33. The number of nitrogens with zero attached hydrogens (tertiary/aromatic N) is 1. The van der Waals surface area contributed by atoms with Crippen LogP contribution in [-0.4, -0.2) is 36.0 Å². The van der Waals surface area contributed by atoms with Gasteiger partial charge in [-0.1, -0.05) is 22.0 Å². The van der Waals surface area contributed by atoms with Crippen LogP contribution in [0.25, 0.3) is 0 Å². The van der Waals surface area contributed by atoms with Crippen LogP contribution in [0.5, 0.6) is 0 Å². The SMILES string of the molecule is Cc1ccc(Br)cc1C(=O)N(C)C1CC2CCC(C1)N2.Cl. The van der Waals surface area contributed by atoms with Crippen LogP contribution in [0.2, 0.25) is 0 Å². The maximum Gasteiger partial charge on any atom is 0.254 e. The molecule has 0 radical (unpaired) electrons. The number of carbonyl (C=O) groups excluding carboxylic acids is 1. The number of nitrogens with one attached hydrogen (secondary N) is 1. The van der Waals surface area contributed by atoms with Crippen LogP contribution in [-0.2, 0) is 0 Å². The van der Waals surface area contributed by atoms with Gasteiger partial charge in [0.2, 0.25) is 0 Å². The highest BCUT2D eigenvalue weighted by atomic mass is 79.9. The summed E-state index contributed by atoms with van der Waals surface area (Å²) in [6, 6.07) is 7.51. The number of piperidine rings is 1. The van der Waals surface area contributed by atoms with E-state index in [0.29, 0.717) is 18.1 Å². The van der Waals surface area contributed by atoms with Crippen LogP contribution in [0.15, 0.2) is 22.7 Å². The van der Waals surface area contributed by atoms with E-state index in [1.54, 1.807) is 0 Å². The molecule has 2 fully saturated rings. The molecule has 2 saturated heterocycles. The minimum Gasteiger partial charge on any atom is -0.339 e. The lowest BCUT2D eigenvalue weighted by molar-refractivity contribution is 0.0681. The number of carbonyl (C=O) groups is 1. The third-order valence-electron chi connectivity index (χ3n) is 4.75. The van der Waals surface area contributed by atoms with Crippen molar-refractivity contribution in [3.63, 3.8) is 0 Å². The number of fused-ring (bicyclic) bond motifs is 2. The molecule has 116 valence electrons. The molecule has 1 amide bonds. The lowest BCUT2D eigenvalue weighted by Crippen LogP contribution is -2.48. The molecule has 5 heteroatoms. The van der Waals surface area contributed by atoms with Gasteiger partial charge >= 0.3 is 0 Å². The van der Waals surface area contributed by atoms with Crippen molar-refractivity contribution in [3.05, 3.63) is 33.8 Å². The quantitative estimate of drug-likeness (QED) is 0.860. The molecule has 2 aliphatic rings. The second-order valence-electron chi connectivity index (χ2n) is 6.14. The largest absolute Gasteiger partial charge is 0.339 e. The summed E-state index contributed by atoms with van der Waals surface area (Å²) in [5.41, 5.74) is 1.86. The Morgan fingerprint density at radius 2 is 1.90 bits per heavy atom. The van der Waals surface area contributed by atoms with Gasteiger partial charge in [0.1, 0.15) is 0 Å². The van der Waals surface area contributed by atoms with E-state index in [1.165, 1.54) is 12.8 Å². The Morgan fingerprint density at radius 3 is 2.52 bits per heavy atom. The van der Waals surface area contributed by atoms with Crippen LogP contribution in [0, 0.1) is 6.92 Å². The number of hydrogen-bond acceptors (Lipinski definition) is 2. The highest BCUT2D eigenvalue weighted by Gasteiger charge is 2.36. The van der Waals surface area contributed by atoms with Gasteiger partial charge in [-0.2, -0.15) is 0 Å². The Hall–Kier alpha value is -0.580. The first-order valence-corrected chi connectivity index (χ1v) is 8.13. The summed E-state index contributed by atoms with van der Waals surface area (Å²) in [6.45, 7) is 2.00. The molecule has 0 spiro atoms. The molecule has 21 heavy (non-hydrogen) atoms. The molecule has 1 N–H and O–H groups in total. The third-order valence-corrected chi connectivity index (χ3v) is 5.24. The fourth-order valence-electron chi connectivity index (χ4n) is 3.52. The predicted octanol–water partition coefficient (Wildman–Crippen LogP) is 3.53. The van der Waals surface area contributed by atoms with E-state index in [4.69, 9.17) is 0 Å². The number of aryl methyl sites for hydroxylation is 1. The average molecular weight is 374 g/mol. The number of benzene rings is 1. The summed E-state index contributed by atoms with van der Waals surface area (Å²) < 4.78 is 0.963. The van der Waals surface area contributed by atoms with Crippen LogP contribution in [0.1, 0.15) is 41.6 Å². The standard InChI is InChI=1S/C16H21BrN2O.ClH/c1-10-3-4-11(17)7-15(10)16(20)19(2)14-8-12-5-6-13(9-14)18-12;/h3-4,7,12-14,18H,5-6,8-9H2,1-2H3;1H. The Bertz CT molecular complexity index is 525. The normalized spacial score (nSPS) is 27.1. The molecule has 2 unspecified atom stereocenters. The van der Waals surface area contributed by atoms with Gasteiger partial charge in [0.15, 0.2) is 0 Å². The second kappa shape index (κ2) is 6.67. The Balaban J connectivity index is 0.00000161. The van der Waals surface area contributed by atoms with E-state index in [-0.39, 0.29) is 18.3 Å². The molecule has 1 aromatic rings. The first-order chi connectivity index (χ1) is 9.54. The van der Waals surface area contributed by atoms with Crippen LogP contribution in [0.3, 0.4) is 0 Å². The predicted molar refractivity (Wildman–Crippen MR) is 91.2 cm³/mol. The minimum atomic E-state index is 0. The fraction of sp³-hybridized carbons (Fsp3) is 0.562. The van der Waals surface area contributed by atoms with Crippen molar-refractivity contribution < 1.29 is 4.79 Å². The molecule has 2 bridgehead atoms. The van der Waals surface area contributed by atoms with Crippen LogP contribution in [0.4, 0.5) is 0 Å². The molecule has 2 atom stereocenters. The molecule has 0 saturated carbocycles. The van der Waals surface area contributed by atoms with Gasteiger partial charge in [-0.3, -0.25) is 4.79 Å². The van der Waals surface area contributed by atoms with Gasteiger partial charge in [-0.05, 0) is 50.3 Å². The van der Waals surface area contributed by atoms with Crippen molar-refractivity contribution >= 4 is 34.2 Å². The van der Waals surface area contributed by atoms with Crippen LogP contribution >= 0.6 is 28.3 Å². The smallest absolute Gasteiger partial charge is 0.254 e. The average Bonchev–Trinajstić information content (AvgIpc) is 2.78. The maximum atomic E-state index is 12.7. The van der Waals surface area contributed by atoms with Gasteiger partial charge in [0.25, 0.3) is 5.91 Å². The highest BCUT2D eigenvalue weighted by molar-refractivity contribution is 9.10. The summed E-state index contributed by atoms with van der Waals surface area (Å²) in [7, 11) is 1.96. The van der Waals surface area contributed by atoms with Gasteiger partial charge in [-0.25, -0.2) is 0 Å². The lowest BCUT2D eigenvalue weighted by atomic mass is 9.97. The summed E-state index contributed by atoms with van der Waals surface area (Å²) >= 11 is 3.46. The molecule has 0 aliphatic carbocycles. The van der Waals surface area contributed by atoms with E-state index < -0.39 is 0 Å². The number of amides is 1. The molecule has 0 aromatic heterocycles. The van der Waals surface area contributed by atoms with E-state index in [0.717, 1.165) is 28.4 Å². The van der Waals surface area contributed by atoms with Crippen molar-refractivity contribution in [2.24, 2.45) is 0 Å². The zero-order valence-electron chi connectivity index (χ0n) is 12.4. The Labute approximate surface area is 141 Å². The molecular weight excluding hydrogens is 352 g/mol. The van der Waals surface area contributed by atoms with Crippen molar-refractivity contribution in [2.75, 3.05) is 7.05 Å². The highest BCUT2D eigenvalue weighted by Crippen LogP contribution is 2.30. The summed E-state index contributed by atoms with van der Waals surface area (Å²) in [4.78, 5) is 14.7. The molecule has 2 heterocycles. The summed E-state index contributed by atoms with van der Waals surface area (Å²) in [6.07, 6.45) is 4.70. The van der Waals surface area contributed by atoms with Gasteiger partial charge in [0.05, 0.1) is 0 Å². The molecule has 2 aliphatic heterocycles. The zero-order valence-corrected chi connectivity index (χ0v) is 14.8. The number of hydrogen-bond donors (Lipinski definition) is 1. The Morgan fingerprint density at radius 1 is 1.29 bits per heavy atom. The van der Waals surface area contributed by atoms with E-state index in [2.05, 4.69) is 21.2 Å². The first kappa shape index (κ1) is 16.8. The van der Waals surface area contributed by atoms with Crippen molar-refractivity contribution in [1.29, 1.82) is 0 Å². The maximum absolute atomic E-state index is 12.7. The van der Waals surface area contributed by atoms with Crippen molar-refractivity contribution in [3.8, 4) is 0 Å². The minimum absolute atomic E-state index is 0. The van der Waals surface area contributed by atoms with Crippen molar-refractivity contribution in [1.82, 2.24) is 10.2 Å². The second-order valence-corrected chi connectivity index (χ2v) is 7.05. The van der Waals surface area contributed by atoms with Crippen LogP contribution < -0.4 is 5.32 Å². The molecular formula is C16H22BrClN2O. The van der Waals surface area contributed by atoms with Gasteiger partial charge < -0.3 is 10.2 Å².